The van der Waals surface area contributed by atoms with E-state index in [1.165, 1.54) is 0 Å². The molecule has 1 aliphatic rings. The van der Waals surface area contributed by atoms with Crippen LogP contribution in [0.25, 0.3) is 0 Å². The number of ketones is 1. The van der Waals surface area contributed by atoms with Crippen molar-refractivity contribution in [2.24, 2.45) is 0 Å². The number of rotatable bonds is 8. The van der Waals surface area contributed by atoms with Crippen molar-refractivity contribution >= 4 is 15.2 Å². The SMILES string of the molecule is CCC[C@@H](C[C@@H]1CCCC(O)(CC(=O)CC)O1)OP. The van der Waals surface area contributed by atoms with Crippen LogP contribution in [-0.2, 0) is 14.1 Å². The highest BCUT2D eigenvalue weighted by molar-refractivity contribution is 7.09. The highest BCUT2D eigenvalue weighted by Crippen LogP contribution is 2.32. The minimum atomic E-state index is -1.26. The molecule has 1 N–H and O–H groups in total. The third kappa shape index (κ3) is 5.86. The van der Waals surface area contributed by atoms with Gasteiger partial charge in [-0.1, -0.05) is 20.3 Å². The van der Waals surface area contributed by atoms with Crippen molar-refractivity contribution in [3.8, 4) is 0 Å². The van der Waals surface area contributed by atoms with Crippen molar-refractivity contribution in [3.63, 3.8) is 0 Å². The van der Waals surface area contributed by atoms with Crippen molar-refractivity contribution < 1.29 is 19.2 Å². The summed E-state index contributed by atoms with van der Waals surface area (Å²) in [6, 6.07) is 0. The molecule has 4 nitrogen and oxygen atoms in total. The summed E-state index contributed by atoms with van der Waals surface area (Å²) in [7, 11) is 2.31. The normalized spacial score (nSPS) is 29.2. The first-order valence-electron chi connectivity index (χ1n) is 7.30. The molecule has 0 amide bonds. The lowest BCUT2D eigenvalue weighted by atomic mass is 9.93. The molecule has 5 heteroatoms. The molecule has 1 heterocycles. The van der Waals surface area contributed by atoms with Gasteiger partial charge in [0.1, 0.15) is 5.78 Å². The van der Waals surface area contributed by atoms with Crippen LogP contribution in [0, 0.1) is 0 Å². The topological polar surface area (TPSA) is 55.8 Å². The lowest BCUT2D eigenvalue weighted by Crippen LogP contribution is -2.43. The molecule has 0 aromatic rings. The summed E-state index contributed by atoms with van der Waals surface area (Å²) < 4.78 is 11.1. The van der Waals surface area contributed by atoms with E-state index in [2.05, 4.69) is 16.4 Å². The number of aliphatic hydroxyl groups is 1. The van der Waals surface area contributed by atoms with E-state index in [4.69, 9.17) is 9.26 Å². The highest BCUT2D eigenvalue weighted by atomic mass is 31.0. The van der Waals surface area contributed by atoms with E-state index in [0.29, 0.717) is 12.8 Å². The molecule has 1 fully saturated rings. The fraction of sp³-hybridized carbons (Fsp3) is 0.929. The zero-order chi connectivity index (χ0) is 14.3. The van der Waals surface area contributed by atoms with E-state index < -0.39 is 5.79 Å². The fourth-order valence-electron chi connectivity index (χ4n) is 2.62. The van der Waals surface area contributed by atoms with Gasteiger partial charge in [0.2, 0.25) is 0 Å². The largest absolute Gasteiger partial charge is 0.365 e. The van der Waals surface area contributed by atoms with Crippen LogP contribution in [0.15, 0.2) is 0 Å². The van der Waals surface area contributed by atoms with Gasteiger partial charge >= 0.3 is 0 Å². The van der Waals surface area contributed by atoms with Gasteiger partial charge in [-0.3, -0.25) is 4.79 Å². The molecule has 0 radical (unpaired) electrons. The van der Waals surface area contributed by atoms with Gasteiger partial charge in [-0.2, -0.15) is 0 Å². The molecule has 19 heavy (non-hydrogen) atoms. The first-order chi connectivity index (χ1) is 9.03. The number of Topliss-reactive ketones (excluding diaryl/α,β-unsaturated/α-hetero) is 1. The summed E-state index contributed by atoms with van der Waals surface area (Å²) in [6.45, 7) is 3.93. The predicted octanol–water partition coefficient (Wildman–Crippen LogP) is 2.98. The van der Waals surface area contributed by atoms with Crippen LogP contribution in [0.5, 0.6) is 0 Å². The average molecular weight is 290 g/mol. The summed E-state index contributed by atoms with van der Waals surface area (Å²) in [5.41, 5.74) is 0. The summed E-state index contributed by atoms with van der Waals surface area (Å²) in [5.74, 6) is -1.20. The van der Waals surface area contributed by atoms with Gasteiger partial charge in [0.25, 0.3) is 0 Å². The first-order valence-corrected chi connectivity index (χ1v) is 7.77. The highest BCUT2D eigenvalue weighted by Gasteiger charge is 2.37. The van der Waals surface area contributed by atoms with E-state index in [1.54, 1.807) is 0 Å². The Kier molecular flexibility index (Phi) is 7.45. The quantitative estimate of drug-likeness (QED) is 0.698. The molecule has 0 bridgehead atoms. The van der Waals surface area contributed by atoms with Gasteiger partial charge in [-0.15, -0.1) is 0 Å². The van der Waals surface area contributed by atoms with Crippen LogP contribution >= 0.6 is 9.47 Å². The fourth-order valence-corrected chi connectivity index (χ4v) is 2.87. The molecule has 0 aromatic heterocycles. The Morgan fingerprint density at radius 2 is 2.32 bits per heavy atom. The Bertz CT molecular complexity index is 285. The van der Waals surface area contributed by atoms with Crippen LogP contribution in [-0.4, -0.2) is 28.9 Å². The molecular formula is C14H27O4P. The Morgan fingerprint density at radius 3 is 2.89 bits per heavy atom. The predicted molar refractivity (Wildman–Crippen MR) is 77.7 cm³/mol. The number of hydrogen-bond donors (Lipinski definition) is 1. The van der Waals surface area contributed by atoms with Crippen molar-refractivity contribution in [1.82, 2.24) is 0 Å². The van der Waals surface area contributed by atoms with Crippen molar-refractivity contribution in [1.29, 1.82) is 0 Å². The summed E-state index contributed by atoms with van der Waals surface area (Å²) in [6.07, 6.45) is 5.88. The maximum Gasteiger partial charge on any atom is 0.172 e. The molecule has 0 aromatic carbocycles. The van der Waals surface area contributed by atoms with E-state index in [9.17, 15) is 9.90 Å². The molecule has 112 valence electrons. The summed E-state index contributed by atoms with van der Waals surface area (Å²) in [4.78, 5) is 11.5. The van der Waals surface area contributed by atoms with Gasteiger partial charge in [-0.25, -0.2) is 0 Å². The first kappa shape index (κ1) is 17.0. The third-order valence-electron chi connectivity index (χ3n) is 3.68. The van der Waals surface area contributed by atoms with Crippen LogP contribution in [0.4, 0.5) is 0 Å². The minimum absolute atomic E-state index is 0.0134. The molecule has 2 unspecified atom stereocenters. The molecule has 0 aliphatic carbocycles. The number of carbonyl (C=O) groups is 1. The summed E-state index contributed by atoms with van der Waals surface area (Å²) in [5, 5.41) is 10.4. The van der Waals surface area contributed by atoms with Gasteiger partial charge < -0.3 is 14.4 Å². The van der Waals surface area contributed by atoms with Crippen LogP contribution in [0.3, 0.4) is 0 Å². The lowest BCUT2D eigenvalue weighted by molar-refractivity contribution is -0.256. The second-order valence-corrected chi connectivity index (χ2v) is 5.70. The van der Waals surface area contributed by atoms with E-state index in [-0.39, 0.29) is 24.4 Å². The second kappa shape index (κ2) is 8.31. The number of hydrogen-bond acceptors (Lipinski definition) is 4. The Balaban J connectivity index is 2.50. The molecule has 1 aliphatic heterocycles. The maximum absolute atomic E-state index is 11.5. The van der Waals surface area contributed by atoms with Crippen molar-refractivity contribution in [3.05, 3.63) is 0 Å². The minimum Gasteiger partial charge on any atom is -0.365 e. The molecule has 1 rings (SSSR count). The zero-order valence-electron chi connectivity index (χ0n) is 12.1. The number of ether oxygens (including phenoxy) is 1. The Morgan fingerprint density at radius 1 is 1.58 bits per heavy atom. The molecule has 1 saturated heterocycles. The van der Waals surface area contributed by atoms with Gasteiger partial charge in [0, 0.05) is 28.7 Å². The standard InChI is InChI=1S/C14H27O4P/c1-3-6-13(18-19)9-12-7-5-8-14(16,17-12)10-11(15)4-2/h12-13,16H,3-10,19H2,1-2H3/t12-,13-,14?/m0/s1. The average Bonchev–Trinajstić information content (AvgIpc) is 2.37. The molecular weight excluding hydrogens is 263 g/mol. The van der Waals surface area contributed by atoms with E-state index in [1.807, 2.05) is 6.92 Å². The van der Waals surface area contributed by atoms with Crippen LogP contribution < -0.4 is 0 Å². The smallest absolute Gasteiger partial charge is 0.172 e. The van der Waals surface area contributed by atoms with Crippen molar-refractivity contribution in [2.45, 2.75) is 83.2 Å². The molecule has 4 atom stereocenters. The van der Waals surface area contributed by atoms with Crippen LogP contribution in [0.1, 0.15) is 65.2 Å². The summed E-state index contributed by atoms with van der Waals surface area (Å²) >= 11 is 0. The monoisotopic (exact) mass is 290 g/mol. The van der Waals surface area contributed by atoms with Gasteiger partial charge in [0.05, 0.1) is 18.6 Å². The van der Waals surface area contributed by atoms with Crippen LogP contribution in [0.2, 0.25) is 0 Å². The van der Waals surface area contributed by atoms with Gasteiger partial charge in [0.15, 0.2) is 5.79 Å². The van der Waals surface area contributed by atoms with Crippen molar-refractivity contribution in [2.75, 3.05) is 0 Å². The lowest BCUT2D eigenvalue weighted by Gasteiger charge is -2.38. The van der Waals surface area contributed by atoms with E-state index >= 15 is 0 Å². The Hall–Kier alpha value is -0.0200. The zero-order valence-corrected chi connectivity index (χ0v) is 13.2. The Labute approximate surface area is 118 Å². The van der Waals surface area contributed by atoms with E-state index in [0.717, 1.165) is 32.1 Å². The van der Waals surface area contributed by atoms with Gasteiger partial charge in [-0.05, 0) is 19.3 Å². The number of carbonyl (C=O) groups excluding carboxylic acids is 1. The molecule has 0 spiro atoms. The maximum atomic E-state index is 11.5. The molecule has 0 saturated carbocycles. The second-order valence-electron chi connectivity index (χ2n) is 5.43. The third-order valence-corrected chi connectivity index (χ3v) is 4.06.